The highest BCUT2D eigenvalue weighted by Crippen LogP contribution is 2.38. The average molecular weight is 576 g/mol. The van der Waals surface area contributed by atoms with Gasteiger partial charge in [0.1, 0.15) is 10.7 Å². The van der Waals surface area contributed by atoms with Gasteiger partial charge in [-0.15, -0.1) is 0 Å². The Bertz CT molecular complexity index is 1520. The fraction of sp³-hybridized carbons (Fsp3) is 0.0952. The summed E-state index contributed by atoms with van der Waals surface area (Å²) in [6.45, 7) is 3.35. The summed E-state index contributed by atoms with van der Waals surface area (Å²) in [7, 11) is -3.97. The minimum Gasteiger partial charge on any atom is -0.350 e. The van der Waals surface area contributed by atoms with Crippen molar-refractivity contribution in [2.45, 2.75) is 18.7 Å². The Balaban J connectivity index is 1.56. The maximum Gasteiger partial charge on any atom is 0.283 e. The highest BCUT2D eigenvalue weighted by molar-refractivity contribution is 7.92. The SMILES string of the molecule is Cc1noc(NS(=O)(=O)c2ccc(NC3=C(Cl)C(=O)N(c4cc(Cl)c(Cl)cc4Cl)C3=O)cc2)c1C. The summed E-state index contributed by atoms with van der Waals surface area (Å²) in [4.78, 5) is 26.4. The van der Waals surface area contributed by atoms with E-state index in [1.165, 1.54) is 36.4 Å². The molecule has 35 heavy (non-hydrogen) atoms. The van der Waals surface area contributed by atoms with Gasteiger partial charge >= 0.3 is 0 Å². The van der Waals surface area contributed by atoms with Crippen LogP contribution in [0, 0.1) is 13.8 Å². The largest absolute Gasteiger partial charge is 0.350 e. The molecule has 0 atom stereocenters. The summed E-state index contributed by atoms with van der Waals surface area (Å²) in [5.41, 5.74) is 1.20. The van der Waals surface area contributed by atoms with Crippen molar-refractivity contribution in [3.8, 4) is 0 Å². The van der Waals surface area contributed by atoms with Crippen LogP contribution in [-0.2, 0) is 19.6 Å². The smallest absolute Gasteiger partial charge is 0.283 e. The Morgan fingerprint density at radius 2 is 1.54 bits per heavy atom. The Morgan fingerprint density at radius 3 is 2.14 bits per heavy atom. The number of aryl methyl sites for hydroxylation is 1. The molecule has 2 heterocycles. The first kappa shape index (κ1) is 25.3. The number of benzene rings is 2. The molecule has 0 fully saturated rings. The van der Waals surface area contributed by atoms with Gasteiger partial charge in [0, 0.05) is 11.3 Å². The van der Waals surface area contributed by atoms with Crippen LogP contribution >= 0.6 is 46.4 Å². The lowest BCUT2D eigenvalue weighted by Crippen LogP contribution is -2.32. The lowest BCUT2D eigenvalue weighted by atomic mass is 10.2. The zero-order valence-electron chi connectivity index (χ0n) is 17.8. The maximum absolute atomic E-state index is 13.0. The lowest BCUT2D eigenvalue weighted by molar-refractivity contribution is -0.120. The number of carbonyl (C=O) groups is 2. The second kappa shape index (κ2) is 9.36. The summed E-state index contributed by atoms with van der Waals surface area (Å²) in [6.07, 6.45) is 0. The van der Waals surface area contributed by atoms with Crippen molar-refractivity contribution in [1.29, 1.82) is 0 Å². The van der Waals surface area contributed by atoms with Gasteiger partial charge in [-0.25, -0.2) is 18.0 Å². The number of rotatable bonds is 6. The van der Waals surface area contributed by atoms with E-state index in [-0.39, 0.29) is 42.3 Å². The molecule has 3 aromatic rings. The van der Waals surface area contributed by atoms with E-state index >= 15 is 0 Å². The van der Waals surface area contributed by atoms with E-state index in [1.54, 1.807) is 13.8 Å². The number of sulfonamides is 1. The summed E-state index contributed by atoms with van der Waals surface area (Å²) in [5.74, 6) is -1.59. The third-order valence-electron chi connectivity index (χ3n) is 5.08. The van der Waals surface area contributed by atoms with Crippen molar-refractivity contribution in [2.24, 2.45) is 0 Å². The van der Waals surface area contributed by atoms with E-state index in [0.717, 1.165) is 4.90 Å². The molecule has 0 saturated heterocycles. The molecule has 2 aromatic carbocycles. The van der Waals surface area contributed by atoms with Crippen LogP contribution < -0.4 is 14.9 Å². The molecule has 9 nitrogen and oxygen atoms in total. The third kappa shape index (κ3) is 4.72. The number of nitrogens with one attached hydrogen (secondary N) is 2. The summed E-state index contributed by atoms with van der Waals surface area (Å²) < 4.78 is 32.6. The minimum absolute atomic E-state index is 0.0106. The summed E-state index contributed by atoms with van der Waals surface area (Å²) >= 11 is 24.2. The van der Waals surface area contributed by atoms with Gasteiger partial charge in [0.2, 0.25) is 5.88 Å². The van der Waals surface area contributed by atoms with Gasteiger partial charge in [-0.1, -0.05) is 51.6 Å². The van der Waals surface area contributed by atoms with Crippen LogP contribution in [-0.4, -0.2) is 25.4 Å². The quantitative estimate of drug-likeness (QED) is 0.294. The summed E-state index contributed by atoms with van der Waals surface area (Å²) in [5, 5.41) is 6.33. The monoisotopic (exact) mass is 574 g/mol. The van der Waals surface area contributed by atoms with Gasteiger partial charge < -0.3 is 9.84 Å². The van der Waals surface area contributed by atoms with E-state index in [1.807, 2.05) is 0 Å². The van der Waals surface area contributed by atoms with E-state index < -0.39 is 21.8 Å². The average Bonchev–Trinajstić information content (AvgIpc) is 3.22. The topological polar surface area (TPSA) is 122 Å². The molecule has 2 N–H and O–H groups in total. The molecular weight excluding hydrogens is 562 g/mol. The second-order valence-corrected chi connectivity index (χ2v) is 10.6. The zero-order chi connectivity index (χ0) is 25.7. The standard InChI is InChI=1S/C21H14Cl4N4O5S/c1-9-10(2)27-34-19(9)28-35(32,33)12-5-3-11(4-6-12)26-18-17(25)20(30)29(21(18)31)16-8-14(23)13(22)7-15(16)24/h3-8,26,28H,1-2H3. The van der Waals surface area contributed by atoms with Gasteiger partial charge in [-0.2, -0.15) is 0 Å². The number of halogens is 4. The van der Waals surface area contributed by atoms with Crippen LogP contribution in [0.25, 0.3) is 0 Å². The molecule has 1 aromatic heterocycles. The molecule has 14 heteroatoms. The number of hydrogen-bond donors (Lipinski definition) is 2. The van der Waals surface area contributed by atoms with Crippen molar-refractivity contribution in [1.82, 2.24) is 5.16 Å². The molecular formula is C21H14Cl4N4O5S. The second-order valence-electron chi connectivity index (χ2n) is 7.33. The van der Waals surface area contributed by atoms with E-state index in [2.05, 4.69) is 15.2 Å². The van der Waals surface area contributed by atoms with Crippen molar-refractivity contribution in [2.75, 3.05) is 14.9 Å². The first-order chi connectivity index (χ1) is 16.4. The van der Waals surface area contributed by atoms with Crippen molar-refractivity contribution in [3.05, 3.63) is 73.5 Å². The number of carbonyl (C=O) groups excluding carboxylic acids is 2. The van der Waals surface area contributed by atoms with Crippen LogP contribution in [0.3, 0.4) is 0 Å². The molecule has 1 aliphatic heterocycles. The Labute approximate surface area is 219 Å². The number of anilines is 3. The molecule has 0 radical (unpaired) electrons. The van der Waals surface area contributed by atoms with E-state index in [9.17, 15) is 18.0 Å². The third-order valence-corrected chi connectivity index (χ3v) is 7.80. The molecule has 0 saturated carbocycles. The van der Waals surface area contributed by atoms with Gasteiger partial charge in [0.15, 0.2) is 0 Å². The Hall–Kier alpha value is -2.76. The van der Waals surface area contributed by atoms with E-state index in [4.69, 9.17) is 50.9 Å². The maximum atomic E-state index is 13.0. The molecule has 182 valence electrons. The molecule has 4 rings (SSSR count). The van der Waals surface area contributed by atoms with Crippen LogP contribution in [0.4, 0.5) is 17.3 Å². The molecule has 0 bridgehead atoms. The van der Waals surface area contributed by atoms with Gasteiger partial charge in [-0.05, 0) is 50.2 Å². The highest BCUT2D eigenvalue weighted by Gasteiger charge is 2.40. The van der Waals surface area contributed by atoms with Crippen molar-refractivity contribution >= 4 is 85.5 Å². The molecule has 0 spiro atoms. The number of nitrogens with zero attached hydrogens (tertiary/aromatic N) is 2. The first-order valence-corrected chi connectivity index (χ1v) is 12.7. The lowest BCUT2D eigenvalue weighted by Gasteiger charge is -2.17. The number of aromatic nitrogens is 1. The fourth-order valence-corrected chi connectivity index (χ4v) is 4.95. The number of imide groups is 1. The van der Waals surface area contributed by atoms with Crippen LogP contribution in [0.2, 0.25) is 15.1 Å². The first-order valence-electron chi connectivity index (χ1n) is 9.66. The number of amides is 2. The van der Waals surface area contributed by atoms with E-state index in [0.29, 0.717) is 16.9 Å². The Kier molecular flexibility index (Phi) is 6.78. The number of hydrogen-bond acceptors (Lipinski definition) is 7. The van der Waals surface area contributed by atoms with Gasteiger partial charge in [0.25, 0.3) is 21.8 Å². The highest BCUT2D eigenvalue weighted by atomic mass is 35.5. The van der Waals surface area contributed by atoms with Gasteiger partial charge in [-0.3, -0.25) is 9.59 Å². The molecule has 0 unspecified atom stereocenters. The van der Waals surface area contributed by atoms with Crippen LogP contribution in [0.15, 0.2) is 56.5 Å². The predicted octanol–water partition coefficient (Wildman–Crippen LogP) is 5.49. The van der Waals surface area contributed by atoms with Crippen LogP contribution in [0.5, 0.6) is 0 Å². The van der Waals surface area contributed by atoms with Gasteiger partial charge in [0.05, 0.1) is 31.3 Å². The molecule has 2 amide bonds. The zero-order valence-corrected chi connectivity index (χ0v) is 21.7. The predicted molar refractivity (Wildman–Crippen MR) is 134 cm³/mol. The normalized spacial score (nSPS) is 14.2. The molecule has 1 aliphatic rings. The molecule has 0 aliphatic carbocycles. The van der Waals surface area contributed by atoms with Crippen molar-refractivity contribution in [3.63, 3.8) is 0 Å². The summed E-state index contributed by atoms with van der Waals surface area (Å²) in [6, 6.07) is 7.97. The Morgan fingerprint density at radius 1 is 0.914 bits per heavy atom. The van der Waals surface area contributed by atoms with Crippen LogP contribution in [0.1, 0.15) is 11.3 Å². The minimum atomic E-state index is -3.97. The fourth-order valence-electron chi connectivity index (χ4n) is 3.07. The van der Waals surface area contributed by atoms with Crippen molar-refractivity contribution < 1.29 is 22.5 Å².